The van der Waals surface area contributed by atoms with Gasteiger partial charge in [0.25, 0.3) is 0 Å². The molecule has 0 unspecified atom stereocenters. The van der Waals surface area contributed by atoms with Crippen molar-refractivity contribution in [3.8, 4) is 5.75 Å². The molecule has 0 saturated carbocycles. The summed E-state index contributed by atoms with van der Waals surface area (Å²) in [6, 6.07) is 15.9. The van der Waals surface area contributed by atoms with E-state index in [0.717, 1.165) is 29.1 Å². The summed E-state index contributed by atoms with van der Waals surface area (Å²) in [7, 11) is 3.69. The first-order valence-corrected chi connectivity index (χ1v) is 6.82. The van der Waals surface area contributed by atoms with E-state index in [-0.39, 0.29) is 0 Å². The van der Waals surface area contributed by atoms with Gasteiger partial charge in [-0.15, -0.1) is 0 Å². The van der Waals surface area contributed by atoms with Gasteiger partial charge in [0.05, 0.1) is 24.3 Å². The molecule has 0 atom stereocenters. The fourth-order valence-electron chi connectivity index (χ4n) is 2.22. The number of aromatic nitrogens is 2. The molecule has 21 heavy (non-hydrogen) atoms. The second kappa shape index (κ2) is 5.79. The molecule has 106 valence electrons. The molecule has 1 heterocycles. The first-order valence-electron chi connectivity index (χ1n) is 6.82. The third-order valence-corrected chi connectivity index (χ3v) is 3.41. The number of hydrogen-bond donors (Lipinski definition) is 0. The molecule has 4 nitrogen and oxygen atoms in total. The van der Waals surface area contributed by atoms with E-state index in [0.29, 0.717) is 0 Å². The van der Waals surface area contributed by atoms with Crippen LogP contribution in [-0.2, 0) is 6.54 Å². The van der Waals surface area contributed by atoms with Crippen LogP contribution in [0, 0.1) is 0 Å². The zero-order valence-electron chi connectivity index (χ0n) is 12.2. The summed E-state index contributed by atoms with van der Waals surface area (Å²) >= 11 is 0. The standard InChI is InChI=1S/C17H17N3O/c1-20(12-13-7-9-14(21-2)10-8-13)17-11-18-15-5-3-4-6-16(15)19-17/h3-11H,12H2,1-2H3. The summed E-state index contributed by atoms with van der Waals surface area (Å²) < 4.78 is 5.17. The largest absolute Gasteiger partial charge is 0.497 e. The molecule has 0 bridgehead atoms. The highest BCUT2D eigenvalue weighted by Crippen LogP contribution is 2.17. The number of nitrogens with zero attached hydrogens (tertiary/aromatic N) is 3. The van der Waals surface area contributed by atoms with Gasteiger partial charge in [0, 0.05) is 13.6 Å². The highest BCUT2D eigenvalue weighted by molar-refractivity contribution is 5.75. The predicted molar refractivity (Wildman–Crippen MR) is 84.6 cm³/mol. The Morgan fingerprint density at radius 1 is 1.00 bits per heavy atom. The molecule has 0 aliphatic heterocycles. The van der Waals surface area contributed by atoms with Gasteiger partial charge in [-0.3, -0.25) is 4.98 Å². The van der Waals surface area contributed by atoms with Gasteiger partial charge in [0.2, 0.25) is 0 Å². The molecule has 0 aliphatic carbocycles. The van der Waals surface area contributed by atoms with Crippen LogP contribution < -0.4 is 9.64 Å². The lowest BCUT2D eigenvalue weighted by Gasteiger charge is -2.18. The van der Waals surface area contributed by atoms with E-state index >= 15 is 0 Å². The van der Waals surface area contributed by atoms with E-state index in [1.807, 2.05) is 49.6 Å². The van der Waals surface area contributed by atoms with Crippen molar-refractivity contribution in [3.05, 3.63) is 60.3 Å². The van der Waals surface area contributed by atoms with Crippen LogP contribution in [0.1, 0.15) is 5.56 Å². The number of benzene rings is 2. The number of ether oxygens (including phenoxy) is 1. The molecule has 1 aromatic heterocycles. The number of anilines is 1. The summed E-state index contributed by atoms with van der Waals surface area (Å²) in [6.45, 7) is 0.775. The van der Waals surface area contributed by atoms with Crippen molar-refractivity contribution in [1.82, 2.24) is 9.97 Å². The molecule has 3 aromatic rings. The van der Waals surface area contributed by atoms with E-state index in [1.54, 1.807) is 7.11 Å². The highest BCUT2D eigenvalue weighted by atomic mass is 16.5. The molecule has 0 amide bonds. The summed E-state index contributed by atoms with van der Waals surface area (Å²) in [4.78, 5) is 11.2. The van der Waals surface area contributed by atoms with E-state index in [1.165, 1.54) is 5.56 Å². The first-order chi connectivity index (χ1) is 10.3. The lowest BCUT2D eigenvalue weighted by Crippen LogP contribution is -2.17. The van der Waals surface area contributed by atoms with Gasteiger partial charge in [-0.05, 0) is 29.8 Å². The van der Waals surface area contributed by atoms with Crippen LogP contribution >= 0.6 is 0 Å². The van der Waals surface area contributed by atoms with E-state index < -0.39 is 0 Å². The molecule has 0 radical (unpaired) electrons. The Hall–Kier alpha value is -2.62. The summed E-state index contributed by atoms with van der Waals surface area (Å²) in [5.41, 5.74) is 3.03. The zero-order chi connectivity index (χ0) is 14.7. The van der Waals surface area contributed by atoms with E-state index in [9.17, 15) is 0 Å². The Labute approximate surface area is 124 Å². The molecule has 4 heteroatoms. The quantitative estimate of drug-likeness (QED) is 0.734. The highest BCUT2D eigenvalue weighted by Gasteiger charge is 2.06. The van der Waals surface area contributed by atoms with Crippen LogP contribution in [0.3, 0.4) is 0 Å². The van der Waals surface area contributed by atoms with Gasteiger partial charge in [0.1, 0.15) is 11.6 Å². The van der Waals surface area contributed by atoms with Gasteiger partial charge < -0.3 is 9.64 Å². The molecule has 3 rings (SSSR count). The summed E-state index contributed by atoms with van der Waals surface area (Å²) in [5, 5.41) is 0. The summed E-state index contributed by atoms with van der Waals surface area (Å²) in [6.07, 6.45) is 1.81. The number of rotatable bonds is 4. The second-order valence-corrected chi connectivity index (χ2v) is 4.92. The maximum Gasteiger partial charge on any atom is 0.147 e. The SMILES string of the molecule is COc1ccc(CN(C)c2cnc3ccccc3n2)cc1. The predicted octanol–water partition coefficient (Wildman–Crippen LogP) is 3.27. The normalized spacial score (nSPS) is 10.6. The smallest absolute Gasteiger partial charge is 0.147 e. The van der Waals surface area contributed by atoms with Crippen molar-refractivity contribution < 1.29 is 4.74 Å². The van der Waals surface area contributed by atoms with E-state index in [2.05, 4.69) is 27.0 Å². The van der Waals surface area contributed by atoms with Gasteiger partial charge in [-0.2, -0.15) is 0 Å². The molecular weight excluding hydrogens is 262 g/mol. The van der Waals surface area contributed by atoms with Crippen molar-refractivity contribution in [2.45, 2.75) is 6.54 Å². The van der Waals surface area contributed by atoms with Gasteiger partial charge in [-0.1, -0.05) is 24.3 Å². The lowest BCUT2D eigenvalue weighted by molar-refractivity contribution is 0.414. The lowest BCUT2D eigenvalue weighted by atomic mass is 10.2. The summed E-state index contributed by atoms with van der Waals surface area (Å²) in [5.74, 6) is 1.73. The topological polar surface area (TPSA) is 38.2 Å². The zero-order valence-corrected chi connectivity index (χ0v) is 12.2. The molecule has 0 aliphatic rings. The van der Waals surface area contributed by atoms with Crippen molar-refractivity contribution in [3.63, 3.8) is 0 Å². The Morgan fingerprint density at radius 2 is 1.71 bits per heavy atom. The maximum absolute atomic E-state index is 5.17. The van der Waals surface area contributed by atoms with Crippen LogP contribution in [-0.4, -0.2) is 24.1 Å². The molecule has 0 N–H and O–H groups in total. The Balaban J connectivity index is 1.80. The molecule has 0 spiro atoms. The minimum atomic E-state index is 0.775. The number of hydrogen-bond acceptors (Lipinski definition) is 4. The Morgan fingerprint density at radius 3 is 2.43 bits per heavy atom. The number of fused-ring (bicyclic) bond motifs is 1. The average Bonchev–Trinajstić information content (AvgIpc) is 2.55. The van der Waals surface area contributed by atoms with Crippen molar-refractivity contribution in [2.75, 3.05) is 19.1 Å². The van der Waals surface area contributed by atoms with E-state index in [4.69, 9.17) is 4.74 Å². The van der Waals surface area contributed by atoms with Crippen LogP contribution in [0.25, 0.3) is 11.0 Å². The van der Waals surface area contributed by atoms with Crippen molar-refractivity contribution in [2.24, 2.45) is 0 Å². The first kappa shape index (κ1) is 13.4. The third kappa shape index (κ3) is 2.94. The minimum absolute atomic E-state index is 0.775. The van der Waals surface area contributed by atoms with Gasteiger partial charge in [-0.25, -0.2) is 4.98 Å². The number of para-hydroxylation sites is 2. The monoisotopic (exact) mass is 279 g/mol. The van der Waals surface area contributed by atoms with Crippen LogP contribution in [0.5, 0.6) is 5.75 Å². The van der Waals surface area contributed by atoms with Gasteiger partial charge >= 0.3 is 0 Å². The maximum atomic E-state index is 5.17. The van der Waals surface area contributed by atoms with Crippen LogP contribution in [0.15, 0.2) is 54.7 Å². The van der Waals surface area contributed by atoms with Gasteiger partial charge in [0.15, 0.2) is 0 Å². The molecule has 2 aromatic carbocycles. The second-order valence-electron chi connectivity index (χ2n) is 4.92. The third-order valence-electron chi connectivity index (χ3n) is 3.41. The van der Waals surface area contributed by atoms with Crippen molar-refractivity contribution in [1.29, 1.82) is 0 Å². The molecule has 0 fully saturated rings. The van der Waals surface area contributed by atoms with Crippen molar-refractivity contribution >= 4 is 16.9 Å². The number of methoxy groups -OCH3 is 1. The Bertz CT molecular complexity index is 740. The average molecular weight is 279 g/mol. The Kier molecular flexibility index (Phi) is 3.69. The molecule has 0 saturated heterocycles. The van der Waals surface area contributed by atoms with Crippen LogP contribution in [0.4, 0.5) is 5.82 Å². The van der Waals surface area contributed by atoms with Crippen LogP contribution in [0.2, 0.25) is 0 Å². The molecular formula is C17H17N3O. The fourth-order valence-corrected chi connectivity index (χ4v) is 2.22. The fraction of sp³-hybridized carbons (Fsp3) is 0.176. The minimum Gasteiger partial charge on any atom is -0.497 e.